The van der Waals surface area contributed by atoms with Crippen LogP contribution in [-0.4, -0.2) is 15.0 Å². The van der Waals surface area contributed by atoms with Crippen molar-refractivity contribution in [3.05, 3.63) is 47.8 Å². The van der Waals surface area contributed by atoms with Crippen LogP contribution in [0.4, 0.5) is 0 Å². The third-order valence-corrected chi connectivity index (χ3v) is 6.13. The van der Waals surface area contributed by atoms with Crippen LogP contribution in [0.25, 0.3) is 0 Å². The highest BCUT2D eigenvalue weighted by Gasteiger charge is 2.23. The number of rotatable bonds is 8. The molecular weight excluding hydrogens is 318 g/mol. The molecule has 142 valence electrons. The second-order valence-corrected chi connectivity index (χ2v) is 8.50. The molecule has 0 N–H and O–H groups in total. The van der Waals surface area contributed by atoms with E-state index in [0.717, 1.165) is 24.1 Å². The highest BCUT2D eigenvalue weighted by Crippen LogP contribution is 2.34. The van der Waals surface area contributed by atoms with Gasteiger partial charge in [-0.2, -0.15) is 0 Å². The van der Waals surface area contributed by atoms with Gasteiger partial charge in [0.05, 0.1) is 5.69 Å². The van der Waals surface area contributed by atoms with Crippen LogP contribution in [0.1, 0.15) is 82.9 Å². The minimum Gasteiger partial charge on any atom is -0.252 e. The zero-order valence-electron chi connectivity index (χ0n) is 16.8. The van der Waals surface area contributed by atoms with E-state index in [2.05, 4.69) is 72.3 Å². The molecule has 1 heterocycles. The lowest BCUT2D eigenvalue weighted by Gasteiger charge is -2.28. The summed E-state index contributed by atoms with van der Waals surface area (Å²) >= 11 is 0. The molecular formula is C23H35N3. The van der Waals surface area contributed by atoms with Gasteiger partial charge in [-0.15, -0.1) is 5.10 Å². The molecule has 1 aliphatic carbocycles. The molecule has 1 atom stereocenters. The van der Waals surface area contributed by atoms with Gasteiger partial charge in [-0.3, -0.25) is 4.68 Å². The van der Waals surface area contributed by atoms with Gasteiger partial charge in [0.2, 0.25) is 0 Å². The van der Waals surface area contributed by atoms with Gasteiger partial charge < -0.3 is 0 Å². The van der Waals surface area contributed by atoms with Crippen molar-refractivity contribution in [3.63, 3.8) is 0 Å². The third kappa shape index (κ3) is 4.96. The Kier molecular flexibility index (Phi) is 6.87. The maximum Gasteiger partial charge on any atom is 0.0904 e. The summed E-state index contributed by atoms with van der Waals surface area (Å²) < 4.78 is 2.08. The monoisotopic (exact) mass is 353 g/mol. The van der Waals surface area contributed by atoms with E-state index >= 15 is 0 Å². The van der Waals surface area contributed by atoms with Gasteiger partial charge in [0.1, 0.15) is 0 Å². The molecule has 2 aromatic rings. The summed E-state index contributed by atoms with van der Waals surface area (Å²) in [6.45, 7) is 7.86. The van der Waals surface area contributed by atoms with Gasteiger partial charge in [0.25, 0.3) is 0 Å². The van der Waals surface area contributed by atoms with Gasteiger partial charge in [-0.25, -0.2) is 0 Å². The van der Waals surface area contributed by atoms with Crippen LogP contribution in [0.5, 0.6) is 0 Å². The Morgan fingerprint density at radius 1 is 1.00 bits per heavy atom. The summed E-state index contributed by atoms with van der Waals surface area (Å²) in [5, 5.41) is 8.97. The van der Waals surface area contributed by atoms with Crippen LogP contribution in [0.15, 0.2) is 36.5 Å². The molecule has 3 nitrogen and oxygen atoms in total. The van der Waals surface area contributed by atoms with E-state index in [4.69, 9.17) is 0 Å². The SMILES string of the molecule is CCCC1CCC(CCn2cc(C(c3ccccc3)C(C)C)nn2)CC1. The van der Waals surface area contributed by atoms with Crippen molar-refractivity contribution in [2.24, 2.45) is 17.8 Å². The molecule has 1 saturated carbocycles. The molecule has 0 saturated heterocycles. The number of benzene rings is 1. The van der Waals surface area contributed by atoms with Crippen molar-refractivity contribution < 1.29 is 0 Å². The first-order valence-electron chi connectivity index (χ1n) is 10.6. The van der Waals surface area contributed by atoms with Crippen molar-refractivity contribution in [2.45, 2.75) is 78.2 Å². The average Bonchev–Trinajstić information content (AvgIpc) is 3.10. The quantitative estimate of drug-likeness (QED) is 0.577. The minimum absolute atomic E-state index is 0.328. The fourth-order valence-electron chi connectivity index (χ4n) is 4.65. The van der Waals surface area contributed by atoms with Crippen LogP contribution >= 0.6 is 0 Å². The maximum absolute atomic E-state index is 4.53. The first-order valence-corrected chi connectivity index (χ1v) is 10.6. The Bertz CT molecular complexity index is 638. The first-order chi connectivity index (χ1) is 12.7. The predicted octanol–water partition coefficient (Wildman–Crippen LogP) is 6.06. The Morgan fingerprint density at radius 2 is 1.65 bits per heavy atom. The van der Waals surface area contributed by atoms with Crippen molar-refractivity contribution in [1.29, 1.82) is 0 Å². The normalized spacial score (nSPS) is 21.8. The van der Waals surface area contributed by atoms with Gasteiger partial charge in [-0.1, -0.05) is 94.8 Å². The van der Waals surface area contributed by atoms with Crippen LogP contribution in [0.3, 0.4) is 0 Å². The minimum atomic E-state index is 0.328. The lowest BCUT2D eigenvalue weighted by Crippen LogP contribution is -2.16. The van der Waals surface area contributed by atoms with Crippen molar-refractivity contribution in [3.8, 4) is 0 Å². The smallest absolute Gasteiger partial charge is 0.0904 e. The fourth-order valence-corrected chi connectivity index (χ4v) is 4.65. The second-order valence-electron chi connectivity index (χ2n) is 8.50. The van der Waals surface area contributed by atoms with E-state index in [1.165, 1.54) is 50.5 Å². The fraction of sp³-hybridized carbons (Fsp3) is 0.652. The molecule has 1 unspecified atom stereocenters. The standard InChI is InChI=1S/C23H35N3/c1-4-8-19-11-13-20(14-12-19)15-16-26-17-22(24-25-26)23(18(2)3)21-9-6-5-7-10-21/h5-7,9-10,17-20,23H,4,8,11-16H2,1-3H3. The van der Waals surface area contributed by atoms with Crippen molar-refractivity contribution >= 4 is 0 Å². The van der Waals surface area contributed by atoms with E-state index in [1.54, 1.807) is 0 Å². The Balaban J connectivity index is 1.56. The van der Waals surface area contributed by atoms with Crippen molar-refractivity contribution in [2.75, 3.05) is 0 Å². The van der Waals surface area contributed by atoms with Crippen molar-refractivity contribution in [1.82, 2.24) is 15.0 Å². The van der Waals surface area contributed by atoms with Crippen LogP contribution < -0.4 is 0 Å². The third-order valence-electron chi connectivity index (χ3n) is 6.13. The highest BCUT2D eigenvalue weighted by molar-refractivity contribution is 5.27. The number of aromatic nitrogens is 3. The molecule has 0 aliphatic heterocycles. The molecule has 3 heteroatoms. The molecule has 3 rings (SSSR count). The van der Waals surface area contributed by atoms with Gasteiger partial charge in [0.15, 0.2) is 0 Å². The summed E-state index contributed by atoms with van der Waals surface area (Å²) in [5.74, 6) is 2.71. The summed E-state index contributed by atoms with van der Waals surface area (Å²) in [6, 6.07) is 10.7. The molecule has 1 aliphatic rings. The average molecular weight is 354 g/mol. The molecule has 1 fully saturated rings. The lowest BCUT2D eigenvalue weighted by atomic mass is 9.79. The number of hydrogen-bond donors (Lipinski definition) is 0. The van der Waals surface area contributed by atoms with E-state index < -0.39 is 0 Å². The lowest BCUT2D eigenvalue weighted by molar-refractivity contribution is 0.243. The summed E-state index contributed by atoms with van der Waals surface area (Å²) in [5.41, 5.74) is 2.45. The Morgan fingerprint density at radius 3 is 2.27 bits per heavy atom. The predicted molar refractivity (Wildman–Crippen MR) is 108 cm³/mol. The van der Waals surface area contributed by atoms with E-state index in [9.17, 15) is 0 Å². The summed E-state index contributed by atoms with van der Waals surface area (Å²) in [4.78, 5) is 0. The largest absolute Gasteiger partial charge is 0.252 e. The zero-order valence-corrected chi connectivity index (χ0v) is 16.8. The van der Waals surface area contributed by atoms with Crippen LogP contribution in [0.2, 0.25) is 0 Å². The summed E-state index contributed by atoms with van der Waals surface area (Å²) in [7, 11) is 0. The molecule has 0 radical (unpaired) electrons. The van der Waals surface area contributed by atoms with E-state index in [0.29, 0.717) is 11.8 Å². The Hall–Kier alpha value is -1.64. The molecule has 0 spiro atoms. The van der Waals surface area contributed by atoms with Crippen LogP contribution in [-0.2, 0) is 6.54 Å². The number of nitrogens with zero attached hydrogens (tertiary/aromatic N) is 3. The second kappa shape index (κ2) is 9.34. The molecule has 0 bridgehead atoms. The number of aryl methyl sites for hydroxylation is 1. The molecule has 1 aromatic heterocycles. The van der Waals surface area contributed by atoms with Gasteiger partial charge in [-0.05, 0) is 29.7 Å². The van der Waals surface area contributed by atoms with E-state index in [-0.39, 0.29) is 0 Å². The van der Waals surface area contributed by atoms with Crippen LogP contribution in [0, 0.1) is 17.8 Å². The molecule has 1 aromatic carbocycles. The summed E-state index contributed by atoms with van der Waals surface area (Å²) in [6.07, 6.45) is 11.9. The first kappa shape index (κ1) is 19.1. The highest BCUT2D eigenvalue weighted by atomic mass is 15.4. The number of hydrogen-bond acceptors (Lipinski definition) is 2. The zero-order chi connectivity index (χ0) is 18.4. The Labute approximate surface area is 159 Å². The van der Waals surface area contributed by atoms with Gasteiger partial charge >= 0.3 is 0 Å². The maximum atomic E-state index is 4.53. The molecule has 26 heavy (non-hydrogen) atoms. The van der Waals surface area contributed by atoms with E-state index in [1.807, 2.05) is 0 Å². The molecule has 0 amide bonds. The van der Waals surface area contributed by atoms with Gasteiger partial charge in [0, 0.05) is 18.7 Å². The topological polar surface area (TPSA) is 30.7 Å².